The zero-order valence-electron chi connectivity index (χ0n) is 17.4. The lowest BCUT2D eigenvalue weighted by Gasteiger charge is -2.13. The van der Waals surface area contributed by atoms with Crippen molar-refractivity contribution >= 4 is 5.97 Å². The number of aliphatic carboxylic acids is 1. The summed E-state index contributed by atoms with van der Waals surface area (Å²) in [7, 11) is 1.55. The third kappa shape index (κ3) is 3.07. The van der Waals surface area contributed by atoms with E-state index in [9.17, 15) is 14.3 Å². The van der Waals surface area contributed by atoms with E-state index >= 15 is 0 Å². The number of halogens is 1. The Morgan fingerprint density at radius 1 is 1.06 bits per heavy atom. The van der Waals surface area contributed by atoms with Crippen LogP contribution in [0, 0.1) is 17.7 Å². The molecule has 1 N–H and O–H groups in total. The van der Waals surface area contributed by atoms with Crippen molar-refractivity contribution < 1.29 is 23.8 Å². The van der Waals surface area contributed by atoms with E-state index in [1.54, 1.807) is 25.3 Å². The molecule has 1 spiro atoms. The second-order valence-corrected chi connectivity index (χ2v) is 8.44. The molecule has 158 valence electrons. The van der Waals surface area contributed by atoms with E-state index in [0.717, 1.165) is 24.0 Å². The van der Waals surface area contributed by atoms with Crippen LogP contribution in [0.25, 0.3) is 11.1 Å². The van der Waals surface area contributed by atoms with Crippen molar-refractivity contribution in [2.45, 2.75) is 25.2 Å². The largest absolute Gasteiger partial charge is 0.497 e. The molecule has 4 nitrogen and oxygen atoms in total. The van der Waals surface area contributed by atoms with Gasteiger partial charge in [-0.05, 0) is 77.9 Å². The van der Waals surface area contributed by atoms with Gasteiger partial charge >= 0.3 is 5.97 Å². The maximum atomic E-state index is 14.4. The van der Waals surface area contributed by atoms with Gasteiger partial charge in [0.15, 0.2) is 0 Å². The lowest BCUT2D eigenvalue weighted by molar-refractivity contribution is -0.139. The lowest BCUT2D eigenvalue weighted by atomic mass is 9.94. The molecule has 31 heavy (non-hydrogen) atoms. The highest BCUT2D eigenvalue weighted by molar-refractivity contribution is 5.79. The molecule has 3 aromatic rings. The fourth-order valence-corrected chi connectivity index (χ4v) is 5.35. The standard InChI is InChI=1S/C26H23FO4/c1-15-24(25(28)29)26(15)11-10-17-13-20(6-8-22(17)26)31-19-5-3-4-16(12-19)21-14-18(30-2)7-9-23(21)27/h3-9,12-15,24H,10-11H2,1-2H3,(H,28,29)/t15-,24?,26?/m0/s1. The molecule has 3 aromatic carbocycles. The summed E-state index contributed by atoms with van der Waals surface area (Å²) in [6.07, 6.45) is 1.73. The first-order chi connectivity index (χ1) is 14.9. The van der Waals surface area contributed by atoms with E-state index < -0.39 is 5.97 Å². The molecule has 2 aliphatic rings. The van der Waals surface area contributed by atoms with Crippen LogP contribution in [0.4, 0.5) is 4.39 Å². The minimum Gasteiger partial charge on any atom is -0.497 e. The average molecular weight is 418 g/mol. The van der Waals surface area contributed by atoms with Crippen molar-refractivity contribution in [2.75, 3.05) is 7.11 Å². The Morgan fingerprint density at radius 2 is 1.84 bits per heavy atom. The second-order valence-electron chi connectivity index (χ2n) is 8.44. The monoisotopic (exact) mass is 418 g/mol. The third-order valence-corrected chi connectivity index (χ3v) is 6.96. The van der Waals surface area contributed by atoms with Gasteiger partial charge in [0.05, 0.1) is 13.0 Å². The number of carboxylic acids is 1. The molecule has 0 aromatic heterocycles. The molecular weight excluding hydrogens is 395 g/mol. The second kappa shape index (κ2) is 7.12. The first-order valence-corrected chi connectivity index (χ1v) is 10.4. The highest BCUT2D eigenvalue weighted by Gasteiger charge is 2.68. The molecule has 0 amide bonds. The number of aryl methyl sites for hydroxylation is 1. The van der Waals surface area contributed by atoms with Crippen LogP contribution >= 0.6 is 0 Å². The Bertz CT molecular complexity index is 1190. The van der Waals surface area contributed by atoms with Gasteiger partial charge in [-0.1, -0.05) is 25.1 Å². The zero-order valence-corrected chi connectivity index (χ0v) is 17.4. The maximum absolute atomic E-state index is 14.4. The number of benzene rings is 3. The van der Waals surface area contributed by atoms with E-state index in [0.29, 0.717) is 28.4 Å². The minimum atomic E-state index is -0.706. The van der Waals surface area contributed by atoms with Crippen LogP contribution in [0.1, 0.15) is 24.5 Å². The Balaban J connectivity index is 1.41. The number of carboxylic acid groups (broad SMARTS) is 1. The minimum absolute atomic E-state index is 0.160. The maximum Gasteiger partial charge on any atom is 0.307 e. The van der Waals surface area contributed by atoms with E-state index in [1.807, 2.05) is 43.3 Å². The summed E-state index contributed by atoms with van der Waals surface area (Å²) in [5, 5.41) is 9.54. The van der Waals surface area contributed by atoms with Crippen LogP contribution in [0.3, 0.4) is 0 Å². The SMILES string of the molecule is COc1ccc(F)c(-c2cccc(Oc3ccc4c(c3)CCC43C(C(=O)O)[C@@H]3C)c2)c1. The Morgan fingerprint density at radius 3 is 2.58 bits per heavy atom. The van der Waals surface area contributed by atoms with Crippen molar-refractivity contribution in [3.8, 4) is 28.4 Å². The number of methoxy groups -OCH3 is 1. The van der Waals surface area contributed by atoms with Gasteiger partial charge in [0, 0.05) is 11.0 Å². The topological polar surface area (TPSA) is 55.8 Å². The molecule has 5 rings (SSSR count). The molecule has 0 heterocycles. The first-order valence-electron chi connectivity index (χ1n) is 10.4. The molecule has 3 atom stereocenters. The summed E-state index contributed by atoms with van der Waals surface area (Å²) in [5.74, 6) is 0.719. The number of hydrogen-bond donors (Lipinski definition) is 1. The third-order valence-electron chi connectivity index (χ3n) is 6.96. The smallest absolute Gasteiger partial charge is 0.307 e. The van der Waals surface area contributed by atoms with Gasteiger partial charge in [0.2, 0.25) is 0 Å². The van der Waals surface area contributed by atoms with Crippen LogP contribution in [0.15, 0.2) is 60.7 Å². The highest BCUT2D eigenvalue weighted by atomic mass is 19.1. The van der Waals surface area contributed by atoms with Crippen molar-refractivity contribution in [1.29, 1.82) is 0 Å². The summed E-state index contributed by atoms with van der Waals surface area (Å²) < 4.78 is 25.7. The highest BCUT2D eigenvalue weighted by Crippen LogP contribution is 2.66. The molecule has 0 saturated heterocycles. The van der Waals surface area contributed by atoms with E-state index in [4.69, 9.17) is 9.47 Å². The summed E-state index contributed by atoms with van der Waals surface area (Å²) in [6, 6.07) is 17.9. The zero-order chi connectivity index (χ0) is 21.8. The van der Waals surface area contributed by atoms with Crippen LogP contribution in [-0.4, -0.2) is 18.2 Å². The van der Waals surface area contributed by atoms with Gasteiger partial charge < -0.3 is 14.6 Å². The normalized spacial score (nSPS) is 23.5. The van der Waals surface area contributed by atoms with Crippen molar-refractivity contribution in [3.05, 3.63) is 77.6 Å². The molecule has 2 aliphatic carbocycles. The predicted molar refractivity (Wildman–Crippen MR) is 115 cm³/mol. The number of hydrogen-bond acceptors (Lipinski definition) is 3. The van der Waals surface area contributed by atoms with Crippen LogP contribution in [-0.2, 0) is 16.6 Å². The summed E-state index contributed by atoms with van der Waals surface area (Å²) in [5.41, 5.74) is 3.23. The van der Waals surface area contributed by atoms with Crippen molar-refractivity contribution in [3.63, 3.8) is 0 Å². The predicted octanol–water partition coefficient (Wildman–Crippen LogP) is 5.83. The molecule has 2 unspecified atom stereocenters. The van der Waals surface area contributed by atoms with Gasteiger partial charge in [0.1, 0.15) is 23.1 Å². The molecular formula is C26H23FO4. The van der Waals surface area contributed by atoms with Gasteiger partial charge in [-0.25, -0.2) is 4.39 Å². The van der Waals surface area contributed by atoms with Gasteiger partial charge in [-0.2, -0.15) is 0 Å². The lowest BCUT2D eigenvalue weighted by Crippen LogP contribution is -2.11. The summed E-state index contributed by atoms with van der Waals surface area (Å²) in [4.78, 5) is 11.6. The van der Waals surface area contributed by atoms with Crippen LogP contribution in [0.5, 0.6) is 17.2 Å². The van der Waals surface area contributed by atoms with Crippen molar-refractivity contribution in [1.82, 2.24) is 0 Å². The van der Waals surface area contributed by atoms with E-state index in [-0.39, 0.29) is 23.1 Å². The summed E-state index contributed by atoms with van der Waals surface area (Å²) >= 11 is 0. The Hall–Kier alpha value is -3.34. The number of ether oxygens (including phenoxy) is 2. The number of fused-ring (bicyclic) bond motifs is 2. The van der Waals surface area contributed by atoms with Crippen molar-refractivity contribution in [2.24, 2.45) is 11.8 Å². The number of rotatable bonds is 5. The van der Waals surface area contributed by atoms with E-state index in [1.165, 1.54) is 6.07 Å². The average Bonchev–Trinajstić information content (AvgIpc) is 3.19. The Labute approximate surface area is 180 Å². The van der Waals surface area contributed by atoms with Gasteiger partial charge in [-0.3, -0.25) is 4.79 Å². The number of carbonyl (C=O) groups is 1. The van der Waals surface area contributed by atoms with Crippen LogP contribution in [0.2, 0.25) is 0 Å². The fourth-order valence-electron chi connectivity index (χ4n) is 5.35. The molecule has 0 bridgehead atoms. The van der Waals surface area contributed by atoms with Crippen LogP contribution < -0.4 is 9.47 Å². The molecule has 0 aliphatic heterocycles. The quantitative estimate of drug-likeness (QED) is 0.567. The van der Waals surface area contributed by atoms with E-state index in [2.05, 4.69) is 0 Å². The summed E-state index contributed by atoms with van der Waals surface area (Å²) in [6.45, 7) is 2.03. The van der Waals surface area contributed by atoms with Gasteiger partial charge in [0.25, 0.3) is 0 Å². The molecule has 1 saturated carbocycles. The molecule has 0 radical (unpaired) electrons. The first kappa shape index (κ1) is 19.6. The molecule has 5 heteroatoms. The Kier molecular flexibility index (Phi) is 4.50. The fraction of sp³-hybridized carbons (Fsp3) is 0.269. The van der Waals surface area contributed by atoms with Gasteiger partial charge in [-0.15, -0.1) is 0 Å². The molecule has 1 fully saturated rings.